The van der Waals surface area contributed by atoms with Crippen LogP contribution in [-0.2, 0) is 4.79 Å². The monoisotopic (exact) mass is 330 g/mol. The first-order valence-corrected chi connectivity index (χ1v) is 7.41. The molecule has 3 unspecified atom stereocenters. The van der Waals surface area contributed by atoms with Crippen molar-refractivity contribution in [2.75, 3.05) is 7.11 Å². The second-order valence-corrected chi connectivity index (χ2v) is 5.71. The fourth-order valence-electron chi connectivity index (χ4n) is 2.98. The largest absolute Gasteiger partial charge is 0.496 e. The molecule has 0 aromatic heterocycles. The van der Waals surface area contributed by atoms with Crippen molar-refractivity contribution in [3.8, 4) is 5.75 Å². The van der Waals surface area contributed by atoms with E-state index in [1.54, 1.807) is 19.1 Å². The number of nitrogens with two attached hydrogens (primary N) is 1. The molecule has 1 aliphatic carbocycles. The lowest BCUT2D eigenvalue weighted by Crippen LogP contribution is -2.39. The van der Waals surface area contributed by atoms with E-state index < -0.39 is 6.04 Å². The van der Waals surface area contributed by atoms with Gasteiger partial charge in [0.25, 0.3) is 0 Å². The van der Waals surface area contributed by atoms with Crippen molar-refractivity contribution in [3.05, 3.63) is 29.6 Å². The smallest absolute Gasteiger partial charge is 0.223 e. The highest BCUT2D eigenvalue weighted by Crippen LogP contribution is 2.29. The summed E-state index contributed by atoms with van der Waals surface area (Å²) in [6, 6.07) is 4.31. The fourth-order valence-corrected chi connectivity index (χ4v) is 2.98. The maximum Gasteiger partial charge on any atom is 0.223 e. The number of hydrogen-bond acceptors (Lipinski definition) is 3. The van der Waals surface area contributed by atoms with Gasteiger partial charge in [0.15, 0.2) is 0 Å². The van der Waals surface area contributed by atoms with Gasteiger partial charge in [-0.05, 0) is 38.3 Å². The molecule has 0 spiro atoms. The molecule has 1 amide bonds. The zero-order valence-electron chi connectivity index (χ0n) is 13.0. The number of rotatable bonds is 4. The minimum atomic E-state index is -0.438. The Bertz CT molecular complexity index is 513. The molecule has 2 rings (SSSR count). The molecule has 1 saturated carbocycles. The van der Waals surface area contributed by atoms with Gasteiger partial charge in [-0.15, -0.1) is 12.4 Å². The Morgan fingerprint density at radius 1 is 1.45 bits per heavy atom. The minimum absolute atomic E-state index is 0. The lowest BCUT2D eigenvalue weighted by molar-refractivity contribution is -0.126. The van der Waals surface area contributed by atoms with E-state index in [4.69, 9.17) is 10.5 Å². The van der Waals surface area contributed by atoms with Gasteiger partial charge in [0.1, 0.15) is 11.6 Å². The number of ether oxygens (including phenoxy) is 1. The number of hydrogen-bond donors (Lipinski definition) is 2. The van der Waals surface area contributed by atoms with Crippen LogP contribution in [0.3, 0.4) is 0 Å². The van der Waals surface area contributed by atoms with Crippen molar-refractivity contribution in [1.82, 2.24) is 5.32 Å². The van der Waals surface area contributed by atoms with Gasteiger partial charge in [0, 0.05) is 12.0 Å². The second kappa shape index (κ2) is 8.34. The third-order valence-electron chi connectivity index (χ3n) is 4.11. The molecule has 0 aliphatic heterocycles. The van der Waals surface area contributed by atoms with Crippen LogP contribution in [-0.4, -0.2) is 19.1 Å². The summed E-state index contributed by atoms with van der Waals surface area (Å²) in [6.45, 7) is 1.77. The SMILES string of the molecule is COc1cccc(F)c1C(C)NC(=O)C1CCCC(N)C1.Cl. The third kappa shape index (κ3) is 4.34. The summed E-state index contributed by atoms with van der Waals surface area (Å²) in [5.41, 5.74) is 6.30. The minimum Gasteiger partial charge on any atom is -0.496 e. The molecular formula is C16H24ClFN2O2. The Hall–Kier alpha value is -1.33. The molecule has 0 bridgehead atoms. The van der Waals surface area contributed by atoms with Crippen LogP contribution in [0.2, 0.25) is 0 Å². The molecule has 4 nitrogen and oxygen atoms in total. The normalized spacial score (nSPS) is 22.4. The van der Waals surface area contributed by atoms with Crippen molar-refractivity contribution in [2.24, 2.45) is 11.7 Å². The van der Waals surface area contributed by atoms with Crippen LogP contribution in [0.5, 0.6) is 5.75 Å². The maximum atomic E-state index is 14.0. The van der Waals surface area contributed by atoms with Gasteiger partial charge in [-0.1, -0.05) is 12.5 Å². The second-order valence-electron chi connectivity index (χ2n) is 5.71. The predicted molar refractivity (Wildman–Crippen MR) is 86.7 cm³/mol. The van der Waals surface area contributed by atoms with Crippen LogP contribution in [0.4, 0.5) is 4.39 Å². The van der Waals surface area contributed by atoms with E-state index in [9.17, 15) is 9.18 Å². The molecule has 1 aliphatic rings. The average molecular weight is 331 g/mol. The van der Waals surface area contributed by atoms with Gasteiger partial charge in [0.05, 0.1) is 18.7 Å². The van der Waals surface area contributed by atoms with Crippen molar-refractivity contribution < 1.29 is 13.9 Å². The standard InChI is InChI=1S/C16H23FN2O2.ClH/c1-10(15-13(17)7-4-8-14(15)21-2)19-16(20)11-5-3-6-12(18)9-11;/h4,7-8,10-12H,3,5-6,9,18H2,1-2H3,(H,19,20);1H. The van der Waals surface area contributed by atoms with E-state index in [0.29, 0.717) is 17.7 Å². The average Bonchev–Trinajstić information content (AvgIpc) is 2.46. The Morgan fingerprint density at radius 3 is 2.82 bits per heavy atom. The first-order valence-electron chi connectivity index (χ1n) is 7.41. The molecule has 1 aromatic carbocycles. The van der Waals surface area contributed by atoms with E-state index in [1.165, 1.54) is 13.2 Å². The number of carbonyl (C=O) groups is 1. The highest BCUT2D eigenvalue weighted by atomic mass is 35.5. The zero-order valence-corrected chi connectivity index (χ0v) is 13.8. The van der Waals surface area contributed by atoms with Gasteiger partial charge < -0.3 is 15.8 Å². The number of halogens is 2. The fraction of sp³-hybridized carbons (Fsp3) is 0.562. The Kier molecular flexibility index (Phi) is 7.10. The van der Waals surface area contributed by atoms with Gasteiger partial charge in [-0.2, -0.15) is 0 Å². The summed E-state index contributed by atoms with van der Waals surface area (Å²) in [7, 11) is 1.49. The van der Waals surface area contributed by atoms with E-state index in [2.05, 4.69) is 5.32 Å². The number of benzene rings is 1. The third-order valence-corrected chi connectivity index (χ3v) is 4.11. The molecule has 3 N–H and O–H groups in total. The van der Waals surface area contributed by atoms with E-state index >= 15 is 0 Å². The van der Waals surface area contributed by atoms with Crippen molar-refractivity contribution in [3.63, 3.8) is 0 Å². The molecule has 3 atom stereocenters. The summed E-state index contributed by atoms with van der Waals surface area (Å²) in [4.78, 5) is 12.3. The van der Waals surface area contributed by atoms with Crippen LogP contribution in [0.25, 0.3) is 0 Å². The molecule has 22 heavy (non-hydrogen) atoms. The highest BCUT2D eigenvalue weighted by molar-refractivity contribution is 5.85. The molecule has 1 fully saturated rings. The van der Waals surface area contributed by atoms with E-state index in [0.717, 1.165) is 19.3 Å². The highest BCUT2D eigenvalue weighted by Gasteiger charge is 2.27. The molecular weight excluding hydrogens is 307 g/mol. The summed E-state index contributed by atoms with van der Waals surface area (Å²) < 4.78 is 19.2. The van der Waals surface area contributed by atoms with Crippen LogP contribution in [0.1, 0.15) is 44.2 Å². The van der Waals surface area contributed by atoms with Gasteiger partial charge in [0.2, 0.25) is 5.91 Å². The Labute approximate surface area is 137 Å². The van der Waals surface area contributed by atoms with Gasteiger partial charge >= 0.3 is 0 Å². The number of nitrogens with one attached hydrogen (secondary N) is 1. The van der Waals surface area contributed by atoms with Crippen LogP contribution < -0.4 is 15.8 Å². The van der Waals surface area contributed by atoms with Crippen molar-refractivity contribution in [2.45, 2.75) is 44.7 Å². The number of amides is 1. The predicted octanol–water partition coefficient (Wildman–Crippen LogP) is 2.95. The van der Waals surface area contributed by atoms with E-state index in [-0.39, 0.29) is 36.1 Å². The van der Waals surface area contributed by atoms with Crippen LogP contribution in [0, 0.1) is 11.7 Å². The van der Waals surface area contributed by atoms with Gasteiger partial charge in [-0.3, -0.25) is 4.79 Å². The van der Waals surface area contributed by atoms with Crippen LogP contribution in [0.15, 0.2) is 18.2 Å². The summed E-state index contributed by atoms with van der Waals surface area (Å²) in [6.07, 6.45) is 3.49. The molecule has 124 valence electrons. The lowest BCUT2D eigenvalue weighted by atomic mass is 9.85. The van der Waals surface area contributed by atoms with E-state index in [1.807, 2.05) is 0 Å². The first-order chi connectivity index (χ1) is 10.0. The Morgan fingerprint density at radius 2 is 2.18 bits per heavy atom. The topological polar surface area (TPSA) is 64.3 Å². The number of carbonyl (C=O) groups excluding carboxylic acids is 1. The van der Waals surface area contributed by atoms with Crippen molar-refractivity contribution >= 4 is 18.3 Å². The quantitative estimate of drug-likeness (QED) is 0.892. The molecule has 0 saturated heterocycles. The molecule has 0 radical (unpaired) electrons. The maximum absolute atomic E-state index is 14.0. The summed E-state index contributed by atoms with van der Waals surface area (Å²) in [5.74, 6) is -0.0532. The van der Waals surface area contributed by atoms with Crippen LogP contribution >= 0.6 is 12.4 Å². The molecule has 0 heterocycles. The Balaban J connectivity index is 0.00000242. The zero-order chi connectivity index (χ0) is 15.4. The van der Waals surface area contributed by atoms with Gasteiger partial charge in [-0.25, -0.2) is 4.39 Å². The lowest BCUT2D eigenvalue weighted by Gasteiger charge is -2.27. The molecule has 6 heteroatoms. The summed E-state index contributed by atoms with van der Waals surface area (Å²) in [5, 5.41) is 2.89. The first kappa shape index (κ1) is 18.7. The number of methoxy groups -OCH3 is 1. The van der Waals surface area contributed by atoms with Crippen molar-refractivity contribution in [1.29, 1.82) is 0 Å². The molecule has 1 aromatic rings. The summed E-state index contributed by atoms with van der Waals surface area (Å²) >= 11 is 0.